The van der Waals surface area contributed by atoms with Crippen molar-refractivity contribution < 1.29 is 14.7 Å². The van der Waals surface area contributed by atoms with E-state index in [0.29, 0.717) is 37.7 Å². The zero-order chi connectivity index (χ0) is 27.5. The molecule has 0 saturated heterocycles. The van der Waals surface area contributed by atoms with Crippen LogP contribution in [0.25, 0.3) is 5.82 Å². The van der Waals surface area contributed by atoms with Crippen molar-refractivity contribution >= 4 is 23.5 Å². The van der Waals surface area contributed by atoms with Gasteiger partial charge < -0.3 is 26.0 Å². The Morgan fingerprint density at radius 1 is 1.21 bits per heavy atom. The number of pyridine rings is 1. The lowest BCUT2D eigenvalue weighted by atomic mass is 10.1. The number of carbonyl (C=O) groups is 2. The van der Waals surface area contributed by atoms with Crippen LogP contribution in [0.4, 0.5) is 11.6 Å². The van der Waals surface area contributed by atoms with Gasteiger partial charge in [-0.25, -0.2) is 24.4 Å². The lowest BCUT2D eigenvalue weighted by Gasteiger charge is -2.24. The van der Waals surface area contributed by atoms with Crippen molar-refractivity contribution in [3.63, 3.8) is 0 Å². The maximum absolute atomic E-state index is 12.0. The number of anilines is 2. The molecule has 0 saturated carbocycles. The quantitative estimate of drug-likeness (QED) is 0.213. The van der Waals surface area contributed by atoms with Crippen molar-refractivity contribution in [2.24, 2.45) is 0 Å². The van der Waals surface area contributed by atoms with Crippen LogP contribution in [0.3, 0.4) is 0 Å². The first-order chi connectivity index (χ1) is 19.0. The Hall–Kier alpha value is -4.06. The number of aromatic nitrogens is 5. The molecular formula is C27H37N9O3. The highest BCUT2D eigenvalue weighted by atomic mass is 16.4. The number of hydrogen-bond acceptors (Lipinski definition) is 9. The third-order valence-corrected chi connectivity index (χ3v) is 6.66. The third-order valence-electron chi connectivity index (χ3n) is 6.66. The van der Waals surface area contributed by atoms with Gasteiger partial charge in [-0.05, 0) is 62.8 Å². The molecule has 4 N–H and O–H groups in total. The van der Waals surface area contributed by atoms with Crippen LogP contribution in [0.15, 0.2) is 43.0 Å². The van der Waals surface area contributed by atoms with Crippen LogP contribution >= 0.6 is 0 Å². The number of aryl methyl sites for hydroxylation is 2. The highest BCUT2D eigenvalue weighted by Gasteiger charge is 2.20. The molecule has 1 atom stereocenters. The van der Waals surface area contributed by atoms with Gasteiger partial charge in [0.2, 0.25) is 5.91 Å². The molecule has 0 unspecified atom stereocenters. The molecule has 0 fully saturated rings. The molecular weight excluding hydrogens is 498 g/mol. The normalized spacial score (nSPS) is 13.4. The number of hydrogen-bond donors (Lipinski definition) is 4. The second-order valence-electron chi connectivity index (χ2n) is 9.66. The second-order valence-corrected chi connectivity index (χ2v) is 9.66. The summed E-state index contributed by atoms with van der Waals surface area (Å²) in [7, 11) is 0. The van der Waals surface area contributed by atoms with Crippen molar-refractivity contribution in [3.05, 3.63) is 54.2 Å². The Morgan fingerprint density at radius 2 is 2.10 bits per heavy atom. The Bertz CT molecular complexity index is 1220. The number of nitrogens with one attached hydrogen (secondary N) is 3. The number of nitrogens with zero attached hydrogens (tertiary/aromatic N) is 6. The summed E-state index contributed by atoms with van der Waals surface area (Å²) in [5, 5.41) is 23.3. The average molecular weight is 536 g/mol. The van der Waals surface area contributed by atoms with Crippen LogP contribution < -0.4 is 16.0 Å². The van der Waals surface area contributed by atoms with Crippen molar-refractivity contribution in [2.75, 3.05) is 43.4 Å². The van der Waals surface area contributed by atoms with Gasteiger partial charge in [-0.3, -0.25) is 4.79 Å². The van der Waals surface area contributed by atoms with E-state index in [1.54, 1.807) is 29.2 Å². The van der Waals surface area contributed by atoms with Crippen LogP contribution in [-0.4, -0.2) is 85.4 Å². The SMILES string of the molecule is CC(=O)NCCN(CCCCc1ccc2c(n1)NCCC2)CC[C@H](Nc1cc(-n2cccn2)ncn1)C(=O)O. The fourth-order valence-electron chi connectivity index (χ4n) is 4.58. The molecule has 4 rings (SSSR count). The van der Waals surface area contributed by atoms with E-state index in [2.05, 4.69) is 48.0 Å². The number of unbranched alkanes of at least 4 members (excludes halogenated alkanes) is 1. The summed E-state index contributed by atoms with van der Waals surface area (Å²) in [6.45, 7) is 4.98. The molecule has 0 aliphatic carbocycles. The molecule has 3 aromatic rings. The van der Waals surface area contributed by atoms with Gasteiger partial charge in [-0.1, -0.05) is 6.07 Å². The molecule has 0 radical (unpaired) electrons. The van der Waals surface area contributed by atoms with Gasteiger partial charge in [0.1, 0.15) is 24.0 Å². The van der Waals surface area contributed by atoms with E-state index in [-0.39, 0.29) is 5.91 Å². The summed E-state index contributed by atoms with van der Waals surface area (Å²) in [6, 6.07) is 6.92. The van der Waals surface area contributed by atoms with E-state index >= 15 is 0 Å². The molecule has 1 amide bonds. The van der Waals surface area contributed by atoms with E-state index in [0.717, 1.165) is 56.7 Å². The molecule has 208 valence electrons. The monoisotopic (exact) mass is 535 g/mol. The van der Waals surface area contributed by atoms with E-state index < -0.39 is 12.0 Å². The van der Waals surface area contributed by atoms with Gasteiger partial charge >= 0.3 is 5.97 Å². The first-order valence-corrected chi connectivity index (χ1v) is 13.5. The highest BCUT2D eigenvalue weighted by molar-refractivity contribution is 5.77. The molecule has 0 spiro atoms. The largest absolute Gasteiger partial charge is 0.480 e. The minimum atomic E-state index is -0.955. The number of aliphatic carboxylic acids is 1. The first kappa shape index (κ1) is 28.0. The first-order valence-electron chi connectivity index (χ1n) is 13.5. The van der Waals surface area contributed by atoms with Gasteiger partial charge in [0.25, 0.3) is 0 Å². The molecule has 39 heavy (non-hydrogen) atoms. The topological polar surface area (TPSA) is 150 Å². The maximum Gasteiger partial charge on any atom is 0.326 e. The van der Waals surface area contributed by atoms with Crippen LogP contribution in [0.1, 0.15) is 43.9 Å². The lowest BCUT2D eigenvalue weighted by Crippen LogP contribution is -2.39. The number of amides is 1. The summed E-state index contributed by atoms with van der Waals surface area (Å²) in [6.07, 6.45) is 10.2. The van der Waals surface area contributed by atoms with Gasteiger partial charge in [0, 0.05) is 57.3 Å². The van der Waals surface area contributed by atoms with Gasteiger partial charge in [0.15, 0.2) is 5.82 Å². The molecule has 12 heteroatoms. The number of fused-ring (bicyclic) bond motifs is 1. The van der Waals surface area contributed by atoms with Crippen LogP contribution in [0, 0.1) is 0 Å². The molecule has 4 heterocycles. The molecule has 3 aromatic heterocycles. The van der Waals surface area contributed by atoms with Gasteiger partial charge in [0.05, 0.1) is 0 Å². The Labute approximate surface area is 228 Å². The number of rotatable bonds is 15. The lowest BCUT2D eigenvalue weighted by molar-refractivity contribution is -0.138. The zero-order valence-electron chi connectivity index (χ0n) is 22.3. The van der Waals surface area contributed by atoms with Crippen LogP contribution in [0.5, 0.6) is 0 Å². The highest BCUT2D eigenvalue weighted by Crippen LogP contribution is 2.20. The Morgan fingerprint density at radius 3 is 2.90 bits per heavy atom. The molecule has 0 bridgehead atoms. The molecule has 0 aromatic carbocycles. The van der Waals surface area contributed by atoms with Gasteiger partial charge in [-0.15, -0.1) is 0 Å². The minimum absolute atomic E-state index is 0.0797. The van der Waals surface area contributed by atoms with E-state index in [1.807, 2.05) is 0 Å². The van der Waals surface area contributed by atoms with E-state index in [9.17, 15) is 14.7 Å². The average Bonchev–Trinajstić information content (AvgIpc) is 3.48. The predicted octanol–water partition coefficient (Wildman–Crippen LogP) is 2.13. The summed E-state index contributed by atoms with van der Waals surface area (Å²) in [4.78, 5) is 38.8. The standard InChI is InChI=1S/C27H37N9O3/c1-20(37)28-13-17-35(14-3-2-7-22-9-8-21-6-4-11-29-26(21)33-22)16-10-23(27(38)39)34-24-18-25(31-19-30-24)36-15-5-12-32-36/h5,8-9,12,15,18-19,23H,2-4,6-7,10-11,13-14,16-17H2,1H3,(H,28,37)(H,29,33)(H,38,39)(H,30,31,34)/t23-/m0/s1. The minimum Gasteiger partial charge on any atom is -0.480 e. The smallest absolute Gasteiger partial charge is 0.326 e. The van der Waals surface area contributed by atoms with E-state index in [1.165, 1.54) is 18.8 Å². The van der Waals surface area contributed by atoms with Crippen LogP contribution in [-0.2, 0) is 22.4 Å². The summed E-state index contributed by atoms with van der Waals surface area (Å²) in [5.74, 6) is 0.942. The summed E-state index contributed by atoms with van der Waals surface area (Å²) in [5.41, 5.74) is 2.37. The van der Waals surface area contributed by atoms with Crippen molar-refractivity contribution in [2.45, 2.75) is 51.5 Å². The number of carbonyl (C=O) groups excluding carboxylic acids is 1. The zero-order valence-corrected chi connectivity index (χ0v) is 22.3. The molecule has 1 aliphatic heterocycles. The number of carboxylic acids is 1. The van der Waals surface area contributed by atoms with Gasteiger partial charge in [-0.2, -0.15) is 5.10 Å². The van der Waals surface area contributed by atoms with E-state index in [4.69, 9.17) is 4.98 Å². The van der Waals surface area contributed by atoms with Crippen LogP contribution in [0.2, 0.25) is 0 Å². The maximum atomic E-state index is 12.0. The Balaban J connectivity index is 1.29. The fourth-order valence-corrected chi connectivity index (χ4v) is 4.58. The second kappa shape index (κ2) is 14.2. The van der Waals surface area contributed by atoms with Crippen molar-refractivity contribution in [1.82, 2.24) is 34.9 Å². The fraction of sp³-hybridized carbons (Fsp3) is 0.481. The predicted molar refractivity (Wildman–Crippen MR) is 148 cm³/mol. The summed E-state index contributed by atoms with van der Waals surface area (Å²) < 4.78 is 1.59. The van der Waals surface area contributed by atoms with Crippen molar-refractivity contribution in [3.8, 4) is 5.82 Å². The number of carboxylic acid groups (broad SMARTS) is 1. The third kappa shape index (κ3) is 8.74. The molecule has 1 aliphatic rings. The molecule has 12 nitrogen and oxygen atoms in total. The van der Waals surface area contributed by atoms with Crippen molar-refractivity contribution in [1.29, 1.82) is 0 Å². The Kier molecular flexibility index (Phi) is 10.2. The summed E-state index contributed by atoms with van der Waals surface area (Å²) >= 11 is 0.